The zero-order valence-corrected chi connectivity index (χ0v) is 16.9. The molecule has 0 saturated carbocycles. The molecular formula is C23H29NO4. The average Bonchev–Trinajstić information content (AvgIpc) is 2.69. The number of carbonyl (C=O) groups is 1. The molecule has 1 N–H and O–H groups in total. The van der Waals surface area contributed by atoms with Crippen LogP contribution in [0, 0.1) is 12.8 Å². The maximum Gasteiger partial charge on any atom is 0.307 e. The van der Waals surface area contributed by atoms with Crippen LogP contribution in [0.3, 0.4) is 0 Å². The zero-order valence-electron chi connectivity index (χ0n) is 16.9. The summed E-state index contributed by atoms with van der Waals surface area (Å²) < 4.78 is 11.2. The van der Waals surface area contributed by atoms with Crippen LogP contribution in [0.15, 0.2) is 42.5 Å². The molecular weight excluding hydrogens is 354 g/mol. The Hall–Kier alpha value is -2.53. The molecule has 1 saturated heterocycles. The average molecular weight is 383 g/mol. The quantitative estimate of drug-likeness (QED) is 0.773. The van der Waals surface area contributed by atoms with Crippen molar-refractivity contribution < 1.29 is 19.4 Å². The van der Waals surface area contributed by atoms with Crippen molar-refractivity contribution in [3.8, 4) is 11.5 Å². The molecule has 5 heteroatoms. The number of hydrogen-bond acceptors (Lipinski definition) is 4. The molecule has 0 amide bonds. The third-order valence-corrected chi connectivity index (χ3v) is 5.33. The smallest absolute Gasteiger partial charge is 0.307 e. The summed E-state index contributed by atoms with van der Waals surface area (Å²) in [4.78, 5) is 13.9. The van der Waals surface area contributed by atoms with Crippen molar-refractivity contribution in [1.82, 2.24) is 4.90 Å². The molecule has 1 aliphatic heterocycles. The molecule has 1 heterocycles. The number of benzene rings is 2. The second-order valence-corrected chi connectivity index (χ2v) is 7.33. The Morgan fingerprint density at radius 3 is 2.68 bits per heavy atom. The predicted octanol–water partition coefficient (Wildman–Crippen LogP) is 4.29. The Morgan fingerprint density at radius 2 is 2.00 bits per heavy atom. The number of likely N-dealkylation sites (tertiary alicyclic amines) is 1. The molecule has 5 nitrogen and oxygen atoms in total. The minimum Gasteiger partial charge on any atom is -0.493 e. The normalized spacial score (nSPS) is 18.5. The van der Waals surface area contributed by atoms with E-state index < -0.39 is 5.97 Å². The van der Waals surface area contributed by atoms with Crippen molar-refractivity contribution in [3.63, 3.8) is 0 Å². The van der Waals surface area contributed by atoms with Gasteiger partial charge in [0, 0.05) is 6.54 Å². The van der Waals surface area contributed by atoms with Gasteiger partial charge >= 0.3 is 5.97 Å². The fourth-order valence-corrected chi connectivity index (χ4v) is 4.03. The highest BCUT2D eigenvalue weighted by molar-refractivity contribution is 5.70. The number of piperidine rings is 1. The number of methoxy groups -OCH3 is 1. The number of ether oxygens (including phenoxy) is 2. The summed E-state index contributed by atoms with van der Waals surface area (Å²) in [6.45, 7) is 6.02. The molecule has 2 unspecified atom stereocenters. The van der Waals surface area contributed by atoms with Gasteiger partial charge in [-0.1, -0.05) is 35.9 Å². The summed E-state index contributed by atoms with van der Waals surface area (Å²) in [7, 11) is 1.64. The van der Waals surface area contributed by atoms with Crippen LogP contribution in [0.1, 0.15) is 42.5 Å². The van der Waals surface area contributed by atoms with Gasteiger partial charge in [-0.25, -0.2) is 0 Å². The van der Waals surface area contributed by atoms with Crippen LogP contribution in [0.5, 0.6) is 11.5 Å². The maximum atomic E-state index is 11.6. The Kier molecular flexibility index (Phi) is 6.57. The number of nitrogens with zero attached hydrogens (tertiary/aromatic N) is 1. The van der Waals surface area contributed by atoms with Crippen molar-refractivity contribution in [2.24, 2.45) is 5.92 Å². The van der Waals surface area contributed by atoms with Crippen LogP contribution in [0.2, 0.25) is 0 Å². The molecule has 0 aromatic heterocycles. The van der Waals surface area contributed by atoms with Gasteiger partial charge in [-0.05, 0) is 56.5 Å². The van der Waals surface area contributed by atoms with Crippen LogP contribution in [-0.4, -0.2) is 42.8 Å². The SMILES string of the molecule is CCOc1ccc(C(c2cccc(C)c2)N2CCCC(C(=O)O)C2)cc1OC. The summed E-state index contributed by atoms with van der Waals surface area (Å²) in [6, 6.07) is 14.4. The summed E-state index contributed by atoms with van der Waals surface area (Å²) in [5.41, 5.74) is 3.43. The van der Waals surface area contributed by atoms with Crippen molar-refractivity contribution in [1.29, 1.82) is 0 Å². The minimum atomic E-state index is -0.711. The van der Waals surface area contributed by atoms with Gasteiger partial charge in [-0.3, -0.25) is 9.69 Å². The van der Waals surface area contributed by atoms with Gasteiger partial charge in [0.15, 0.2) is 11.5 Å². The van der Waals surface area contributed by atoms with Gasteiger partial charge in [-0.2, -0.15) is 0 Å². The summed E-state index contributed by atoms with van der Waals surface area (Å²) >= 11 is 0. The molecule has 0 spiro atoms. The number of carboxylic acids is 1. The molecule has 0 bridgehead atoms. The summed E-state index contributed by atoms with van der Waals surface area (Å²) in [6.07, 6.45) is 1.62. The maximum absolute atomic E-state index is 11.6. The Labute approximate surface area is 166 Å². The second kappa shape index (κ2) is 9.11. The van der Waals surface area contributed by atoms with Crippen molar-refractivity contribution in [2.75, 3.05) is 26.8 Å². The zero-order chi connectivity index (χ0) is 20.1. The van der Waals surface area contributed by atoms with Gasteiger partial charge < -0.3 is 14.6 Å². The van der Waals surface area contributed by atoms with E-state index in [9.17, 15) is 9.90 Å². The molecule has 2 aromatic carbocycles. The highest BCUT2D eigenvalue weighted by Crippen LogP contribution is 2.37. The first-order chi connectivity index (χ1) is 13.5. The number of carboxylic acid groups (broad SMARTS) is 1. The van der Waals surface area contributed by atoms with Gasteiger partial charge in [0.1, 0.15) is 0 Å². The Bertz CT molecular complexity index is 820. The fraction of sp³-hybridized carbons (Fsp3) is 0.435. The first-order valence-electron chi connectivity index (χ1n) is 9.87. The van der Waals surface area contributed by atoms with E-state index in [1.165, 1.54) is 5.56 Å². The molecule has 1 fully saturated rings. The highest BCUT2D eigenvalue weighted by atomic mass is 16.5. The van der Waals surface area contributed by atoms with Crippen molar-refractivity contribution in [2.45, 2.75) is 32.7 Å². The van der Waals surface area contributed by atoms with Crippen molar-refractivity contribution in [3.05, 3.63) is 59.2 Å². The fourth-order valence-electron chi connectivity index (χ4n) is 4.03. The van der Waals surface area contributed by atoms with Crippen LogP contribution < -0.4 is 9.47 Å². The third-order valence-electron chi connectivity index (χ3n) is 5.33. The van der Waals surface area contributed by atoms with Gasteiger partial charge in [0.2, 0.25) is 0 Å². The van der Waals surface area contributed by atoms with E-state index in [1.807, 2.05) is 19.1 Å². The lowest BCUT2D eigenvalue weighted by Gasteiger charge is -2.38. The van der Waals surface area contributed by atoms with Gasteiger partial charge in [0.05, 0.1) is 25.7 Å². The number of aryl methyl sites for hydroxylation is 1. The van der Waals surface area contributed by atoms with Crippen LogP contribution in [0.4, 0.5) is 0 Å². The third kappa shape index (κ3) is 4.47. The second-order valence-electron chi connectivity index (χ2n) is 7.33. The monoisotopic (exact) mass is 383 g/mol. The Balaban J connectivity index is 2.03. The lowest BCUT2D eigenvalue weighted by molar-refractivity contribution is -0.143. The van der Waals surface area contributed by atoms with E-state index in [4.69, 9.17) is 9.47 Å². The van der Waals surface area contributed by atoms with E-state index >= 15 is 0 Å². The standard InChI is InChI=1S/C23H29NO4/c1-4-28-20-11-10-18(14-21(20)27-3)22(17-8-5-7-16(2)13-17)24-12-6-9-19(15-24)23(25)26/h5,7-8,10-11,13-14,19,22H,4,6,9,12,15H2,1-3H3,(H,25,26). The predicted molar refractivity (Wildman–Crippen MR) is 109 cm³/mol. The molecule has 28 heavy (non-hydrogen) atoms. The minimum absolute atomic E-state index is 0.0216. The highest BCUT2D eigenvalue weighted by Gasteiger charge is 2.31. The number of hydrogen-bond donors (Lipinski definition) is 1. The van der Waals surface area contributed by atoms with Crippen LogP contribution in [-0.2, 0) is 4.79 Å². The number of rotatable bonds is 7. The van der Waals surface area contributed by atoms with Crippen LogP contribution >= 0.6 is 0 Å². The molecule has 3 rings (SSSR count). The van der Waals surface area contributed by atoms with E-state index in [0.29, 0.717) is 18.9 Å². The molecule has 2 atom stereocenters. The van der Waals surface area contributed by atoms with E-state index in [1.54, 1.807) is 7.11 Å². The van der Waals surface area contributed by atoms with E-state index in [2.05, 4.69) is 42.2 Å². The van der Waals surface area contributed by atoms with Crippen LogP contribution in [0.25, 0.3) is 0 Å². The first-order valence-corrected chi connectivity index (χ1v) is 9.87. The van der Waals surface area contributed by atoms with Crippen molar-refractivity contribution >= 4 is 5.97 Å². The Morgan fingerprint density at radius 1 is 1.21 bits per heavy atom. The lowest BCUT2D eigenvalue weighted by Crippen LogP contribution is -2.41. The van der Waals surface area contributed by atoms with E-state index in [0.717, 1.165) is 36.3 Å². The van der Waals surface area contributed by atoms with Gasteiger partial charge in [-0.15, -0.1) is 0 Å². The molecule has 2 aromatic rings. The molecule has 0 radical (unpaired) electrons. The van der Waals surface area contributed by atoms with E-state index in [-0.39, 0.29) is 12.0 Å². The van der Waals surface area contributed by atoms with Gasteiger partial charge in [0.25, 0.3) is 0 Å². The number of aliphatic carboxylic acids is 1. The molecule has 0 aliphatic carbocycles. The summed E-state index contributed by atoms with van der Waals surface area (Å²) in [5.74, 6) is 0.380. The summed E-state index contributed by atoms with van der Waals surface area (Å²) in [5, 5.41) is 9.54. The largest absolute Gasteiger partial charge is 0.493 e. The molecule has 1 aliphatic rings. The topological polar surface area (TPSA) is 59.0 Å². The first kappa shape index (κ1) is 20.2. The molecule has 150 valence electrons. The lowest BCUT2D eigenvalue weighted by atomic mass is 9.90.